The summed E-state index contributed by atoms with van der Waals surface area (Å²) in [5, 5.41) is 8.31. The maximum absolute atomic E-state index is 8.31. The van der Waals surface area contributed by atoms with Crippen LogP contribution in [0.3, 0.4) is 0 Å². The van der Waals surface area contributed by atoms with Gasteiger partial charge >= 0.3 is 0 Å². The molecule has 0 bridgehead atoms. The van der Waals surface area contributed by atoms with Gasteiger partial charge in [0.15, 0.2) is 5.84 Å². The first-order valence-corrected chi connectivity index (χ1v) is 8.94. The molecule has 29 heavy (non-hydrogen) atoms. The smallest absolute Gasteiger partial charge is 0.219 e. The summed E-state index contributed by atoms with van der Waals surface area (Å²) in [4.78, 5) is 13.7. The monoisotopic (exact) mass is 430 g/mol. The summed E-state index contributed by atoms with van der Waals surface area (Å²) in [6.45, 7) is 4.06. The Bertz CT molecular complexity index is 1060. The van der Waals surface area contributed by atoms with Gasteiger partial charge in [0.25, 0.3) is 0 Å². The lowest BCUT2D eigenvalue weighted by molar-refractivity contribution is 0.803. The minimum Gasteiger partial charge on any atom is -0.385 e. The van der Waals surface area contributed by atoms with Crippen molar-refractivity contribution in [2.24, 2.45) is 26.4 Å². The molecule has 0 amide bonds. The van der Waals surface area contributed by atoms with Crippen LogP contribution in [0.4, 0.5) is 0 Å². The van der Waals surface area contributed by atoms with E-state index in [0.29, 0.717) is 5.84 Å². The van der Waals surface area contributed by atoms with E-state index in [1.807, 2.05) is 44.2 Å². The van der Waals surface area contributed by atoms with Crippen LogP contribution >= 0.6 is 24.8 Å². The maximum atomic E-state index is 8.31. The Morgan fingerprint density at radius 1 is 1.07 bits per heavy atom. The van der Waals surface area contributed by atoms with Crippen LogP contribution in [0.1, 0.15) is 34.2 Å². The van der Waals surface area contributed by atoms with Gasteiger partial charge in [0.1, 0.15) is 5.84 Å². The molecule has 8 heteroatoms. The average molecular weight is 431 g/mol. The molecule has 0 radical (unpaired) electrons. The fraction of sp³-hybridized carbons (Fsp3) is 0.238. The number of hydrogen-bond acceptors (Lipinski definition) is 5. The fourth-order valence-corrected chi connectivity index (χ4v) is 3.69. The highest BCUT2D eigenvalue weighted by atomic mass is 35.5. The molecule has 1 unspecified atom stereocenters. The zero-order valence-corrected chi connectivity index (χ0v) is 17.9. The summed E-state index contributed by atoms with van der Waals surface area (Å²) in [5.74, 6) is 0.317. The van der Waals surface area contributed by atoms with Crippen molar-refractivity contribution in [3.8, 4) is 0 Å². The number of amidine groups is 2. The van der Waals surface area contributed by atoms with Crippen LogP contribution in [0.15, 0.2) is 57.4 Å². The van der Waals surface area contributed by atoms with Crippen molar-refractivity contribution in [1.82, 2.24) is 0 Å². The highest BCUT2D eigenvalue weighted by Crippen LogP contribution is 2.34. The number of nitrogens with zero attached hydrogens (tertiary/aromatic N) is 3. The normalized spacial score (nSPS) is 21.0. The van der Waals surface area contributed by atoms with Crippen LogP contribution in [0.5, 0.6) is 0 Å². The third-order valence-electron chi connectivity index (χ3n) is 5.34. The molecule has 0 saturated heterocycles. The molecule has 0 aromatic heterocycles. The molecule has 152 valence electrons. The van der Waals surface area contributed by atoms with Crippen molar-refractivity contribution >= 4 is 48.2 Å². The lowest BCUT2D eigenvalue weighted by Crippen LogP contribution is -2.44. The van der Waals surface area contributed by atoms with Crippen LogP contribution in [-0.2, 0) is 12.0 Å². The van der Waals surface area contributed by atoms with Gasteiger partial charge in [-0.2, -0.15) is 4.99 Å². The highest BCUT2D eigenvalue weighted by Gasteiger charge is 2.46. The van der Waals surface area contributed by atoms with Crippen molar-refractivity contribution in [3.63, 3.8) is 0 Å². The molecule has 0 saturated carbocycles. The van der Waals surface area contributed by atoms with E-state index in [-0.39, 0.29) is 36.6 Å². The number of fused-ring (bicyclic) bond motifs is 1. The Morgan fingerprint density at radius 3 is 2.48 bits per heavy atom. The predicted molar refractivity (Wildman–Crippen MR) is 124 cm³/mol. The number of aryl methyl sites for hydroxylation is 3. The van der Waals surface area contributed by atoms with Crippen LogP contribution in [-0.4, -0.2) is 23.3 Å². The molecule has 2 aromatic rings. The van der Waals surface area contributed by atoms with E-state index in [1.54, 1.807) is 0 Å². The van der Waals surface area contributed by atoms with Crippen molar-refractivity contribution in [2.75, 3.05) is 0 Å². The molecule has 0 spiro atoms. The van der Waals surface area contributed by atoms with Crippen molar-refractivity contribution in [1.29, 1.82) is 5.41 Å². The third-order valence-corrected chi connectivity index (χ3v) is 5.34. The number of nitrogens with one attached hydrogen (secondary N) is 1. The third kappa shape index (κ3) is 3.66. The molecular formula is C21H24Cl2N6. The Hall–Kier alpha value is -2.70. The summed E-state index contributed by atoms with van der Waals surface area (Å²) in [6, 6.07) is 14.1. The van der Waals surface area contributed by atoms with Gasteiger partial charge in [0.05, 0.1) is 5.71 Å². The van der Waals surface area contributed by atoms with Gasteiger partial charge in [-0.05, 0) is 54.5 Å². The van der Waals surface area contributed by atoms with Crippen molar-refractivity contribution in [3.05, 3.63) is 70.3 Å². The zero-order chi connectivity index (χ0) is 19.2. The lowest BCUT2D eigenvalue weighted by Gasteiger charge is -2.26. The number of nitrogens with two attached hydrogens (primary N) is 2. The Kier molecular flexibility index (Phi) is 6.50. The average Bonchev–Trinajstić information content (AvgIpc) is 3.19. The molecule has 1 aliphatic heterocycles. The first-order chi connectivity index (χ1) is 12.9. The van der Waals surface area contributed by atoms with Crippen molar-refractivity contribution < 1.29 is 0 Å². The second-order valence-corrected chi connectivity index (χ2v) is 7.04. The van der Waals surface area contributed by atoms with E-state index in [1.165, 1.54) is 5.56 Å². The highest BCUT2D eigenvalue weighted by molar-refractivity contribution is 6.24. The first kappa shape index (κ1) is 22.6. The van der Waals surface area contributed by atoms with Crippen molar-refractivity contribution in [2.45, 2.75) is 32.2 Å². The molecule has 1 atom stereocenters. The number of aliphatic imine (C=N–C) groups is 3. The summed E-state index contributed by atoms with van der Waals surface area (Å²) < 4.78 is 0. The van der Waals surface area contributed by atoms with Gasteiger partial charge in [-0.25, -0.2) is 9.98 Å². The van der Waals surface area contributed by atoms with E-state index in [4.69, 9.17) is 21.9 Å². The summed E-state index contributed by atoms with van der Waals surface area (Å²) in [6.07, 6.45) is 1.76. The lowest BCUT2D eigenvalue weighted by atomic mass is 9.86. The Morgan fingerprint density at radius 2 is 1.79 bits per heavy atom. The van der Waals surface area contributed by atoms with E-state index < -0.39 is 5.54 Å². The van der Waals surface area contributed by atoms with E-state index in [2.05, 4.69) is 22.1 Å². The summed E-state index contributed by atoms with van der Waals surface area (Å²) in [5.41, 5.74) is 17.0. The predicted octanol–water partition coefficient (Wildman–Crippen LogP) is 3.44. The SMILES string of the molecule is Cc1ccc(C2(C(=N)N)N=C(N)N=C2N=C2CCc3ccccc32)cc1C.Cl.Cl. The van der Waals surface area contributed by atoms with Gasteiger partial charge in [-0.1, -0.05) is 42.5 Å². The number of guanidine groups is 1. The molecule has 0 fully saturated rings. The molecule has 4 rings (SSSR count). The van der Waals surface area contributed by atoms with Crippen LogP contribution < -0.4 is 11.5 Å². The topological polar surface area (TPSA) is 113 Å². The van der Waals surface area contributed by atoms with Crippen LogP contribution in [0, 0.1) is 19.3 Å². The summed E-state index contributed by atoms with van der Waals surface area (Å²) >= 11 is 0. The van der Waals surface area contributed by atoms with Gasteiger partial charge in [0.2, 0.25) is 11.5 Å². The minimum atomic E-state index is -1.27. The first-order valence-electron chi connectivity index (χ1n) is 8.94. The number of halogens is 2. The van der Waals surface area contributed by atoms with E-state index >= 15 is 0 Å². The molecule has 5 N–H and O–H groups in total. The zero-order valence-electron chi connectivity index (χ0n) is 16.3. The molecule has 1 heterocycles. The second kappa shape index (κ2) is 8.35. The van der Waals surface area contributed by atoms with E-state index in [9.17, 15) is 0 Å². The summed E-state index contributed by atoms with van der Waals surface area (Å²) in [7, 11) is 0. The number of benzene rings is 2. The standard InChI is InChI=1S/C21H22N6.2ClH/c1-12-7-9-15(11-13(12)2)21(18(22)23)19(26-20(24)27-21)25-17-10-8-14-5-3-4-6-16(14)17;;/h3-7,9,11H,8,10H2,1-2H3,(H3,22,23)(H2,24,27);2*1H. The van der Waals surface area contributed by atoms with Gasteiger partial charge in [0, 0.05) is 0 Å². The van der Waals surface area contributed by atoms with Crippen LogP contribution in [0.2, 0.25) is 0 Å². The fourth-order valence-electron chi connectivity index (χ4n) is 3.69. The number of rotatable bonds is 2. The second-order valence-electron chi connectivity index (χ2n) is 7.04. The Labute approximate surface area is 182 Å². The van der Waals surface area contributed by atoms with Gasteiger partial charge in [-0.15, -0.1) is 24.8 Å². The quantitative estimate of drug-likeness (QED) is 0.500. The van der Waals surface area contributed by atoms with E-state index in [0.717, 1.165) is 40.8 Å². The Balaban J connectivity index is 0.00000150. The molecule has 6 nitrogen and oxygen atoms in total. The molecule has 2 aromatic carbocycles. The molecular weight excluding hydrogens is 407 g/mol. The van der Waals surface area contributed by atoms with Gasteiger partial charge < -0.3 is 11.5 Å². The number of hydrogen-bond donors (Lipinski definition) is 3. The largest absolute Gasteiger partial charge is 0.385 e. The maximum Gasteiger partial charge on any atom is 0.219 e. The molecule has 1 aliphatic carbocycles. The van der Waals surface area contributed by atoms with Gasteiger partial charge in [-0.3, -0.25) is 5.41 Å². The minimum absolute atomic E-state index is 0. The molecule has 2 aliphatic rings. The van der Waals surface area contributed by atoms with Crippen LogP contribution in [0.25, 0.3) is 0 Å².